The molecule has 1 aliphatic heterocycles. The van der Waals surface area contributed by atoms with Crippen LogP contribution in [0.2, 0.25) is 0 Å². The van der Waals surface area contributed by atoms with Gasteiger partial charge in [0, 0.05) is 30.7 Å². The molecule has 4 nitrogen and oxygen atoms in total. The van der Waals surface area contributed by atoms with Crippen LogP contribution in [0.3, 0.4) is 0 Å². The Morgan fingerprint density at radius 3 is 2.80 bits per heavy atom. The SMILES string of the molecule is COc1ccc(N)c(N2CCSCC2)n1. The molecule has 1 fully saturated rings. The molecule has 0 saturated carbocycles. The van der Waals surface area contributed by atoms with Crippen LogP contribution < -0.4 is 15.4 Å². The van der Waals surface area contributed by atoms with Crippen LogP contribution in [0.4, 0.5) is 11.5 Å². The van der Waals surface area contributed by atoms with Gasteiger partial charge in [0.25, 0.3) is 0 Å². The number of nitrogens with zero attached hydrogens (tertiary/aromatic N) is 2. The lowest BCUT2D eigenvalue weighted by atomic mass is 10.3. The molecule has 2 heterocycles. The van der Waals surface area contributed by atoms with E-state index < -0.39 is 0 Å². The molecule has 0 aliphatic carbocycles. The summed E-state index contributed by atoms with van der Waals surface area (Å²) >= 11 is 1.97. The highest BCUT2D eigenvalue weighted by atomic mass is 32.2. The molecule has 2 N–H and O–H groups in total. The second-order valence-electron chi connectivity index (χ2n) is 3.37. The first kappa shape index (κ1) is 10.4. The molecule has 5 heteroatoms. The van der Waals surface area contributed by atoms with Crippen LogP contribution in [0.25, 0.3) is 0 Å². The quantitative estimate of drug-likeness (QED) is 0.820. The Morgan fingerprint density at radius 1 is 1.40 bits per heavy atom. The number of hydrogen-bond donors (Lipinski definition) is 1. The average Bonchev–Trinajstić information content (AvgIpc) is 2.31. The Labute approximate surface area is 93.8 Å². The summed E-state index contributed by atoms with van der Waals surface area (Å²) in [5.74, 6) is 3.75. The lowest BCUT2D eigenvalue weighted by Crippen LogP contribution is -2.33. The summed E-state index contributed by atoms with van der Waals surface area (Å²) in [5, 5.41) is 0. The van der Waals surface area contributed by atoms with Crippen molar-refractivity contribution in [3.63, 3.8) is 0 Å². The maximum atomic E-state index is 5.91. The predicted molar refractivity (Wildman–Crippen MR) is 64.7 cm³/mol. The fourth-order valence-corrected chi connectivity index (χ4v) is 2.49. The second-order valence-corrected chi connectivity index (χ2v) is 4.59. The number of nitrogens with two attached hydrogens (primary N) is 1. The van der Waals surface area contributed by atoms with E-state index in [-0.39, 0.29) is 0 Å². The van der Waals surface area contributed by atoms with Crippen LogP contribution in [0.1, 0.15) is 0 Å². The molecule has 1 aromatic rings. The number of thioether (sulfide) groups is 1. The number of pyridine rings is 1. The van der Waals surface area contributed by atoms with Gasteiger partial charge in [-0.25, -0.2) is 0 Å². The molecule has 15 heavy (non-hydrogen) atoms. The smallest absolute Gasteiger partial charge is 0.215 e. The summed E-state index contributed by atoms with van der Waals surface area (Å²) in [6.07, 6.45) is 0. The molecular weight excluding hydrogens is 210 g/mol. The molecular formula is C10H15N3OS. The van der Waals surface area contributed by atoms with Gasteiger partial charge >= 0.3 is 0 Å². The van der Waals surface area contributed by atoms with Crippen molar-refractivity contribution in [3.8, 4) is 5.88 Å². The van der Waals surface area contributed by atoms with Gasteiger partial charge in [-0.2, -0.15) is 16.7 Å². The highest BCUT2D eigenvalue weighted by Gasteiger charge is 2.15. The summed E-state index contributed by atoms with van der Waals surface area (Å²) in [7, 11) is 1.62. The molecule has 1 saturated heterocycles. The minimum atomic E-state index is 0.623. The van der Waals surface area contributed by atoms with Crippen LogP contribution in [0.15, 0.2) is 12.1 Å². The summed E-state index contributed by atoms with van der Waals surface area (Å²) in [6, 6.07) is 3.64. The monoisotopic (exact) mass is 225 g/mol. The van der Waals surface area contributed by atoms with E-state index in [0.29, 0.717) is 5.88 Å². The summed E-state index contributed by atoms with van der Waals surface area (Å²) in [5.41, 5.74) is 6.63. The Morgan fingerprint density at radius 2 is 2.13 bits per heavy atom. The van der Waals surface area contributed by atoms with E-state index in [2.05, 4.69) is 9.88 Å². The summed E-state index contributed by atoms with van der Waals surface area (Å²) in [4.78, 5) is 6.60. The van der Waals surface area contributed by atoms with Gasteiger partial charge < -0.3 is 15.4 Å². The minimum Gasteiger partial charge on any atom is -0.481 e. The summed E-state index contributed by atoms with van der Waals surface area (Å²) in [6.45, 7) is 2.02. The van der Waals surface area contributed by atoms with E-state index in [1.54, 1.807) is 13.2 Å². The highest BCUT2D eigenvalue weighted by Crippen LogP contribution is 2.25. The Balaban J connectivity index is 2.24. The maximum Gasteiger partial charge on any atom is 0.215 e. The Hall–Kier alpha value is -1.10. The molecule has 1 aromatic heterocycles. The first-order valence-corrected chi connectivity index (χ1v) is 6.10. The topological polar surface area (TPSA) is 51.4 Å². The lowest BCUT2D eigenvalue weighted by Gasteiger charge is -2.28. The van der Waals surface area contributed by atoms with E-state index in [4.69, 9.17) is 10.5 Å². The van der Waals surface area contributed by atoms with E-state index in [9.17, 15) is 0 Å². The van der Waals surface area contributed by atoms with Gasteiger partial charge in [0.2, 0.25) is 5.88 Å². The first-order valence-electron chi connectivity index (χ1n) is 4.94. The molecule has 2 rings (SSSR count). The zero-order chi connectivity index (χ0) is 10.7. The largest absolute Gasteiger partial charge is 0.481 e. The van der Waals surface area contributed by atoms with Crippen molar-refractivity contribution in [2.24, 2.45) is 0 Å². The normalized spacial score (nSPS) is 16.5. The summed E-state index contributed by atoms with van der Waals surface area (Å²) < 4.78 is 5.10. The van der Waals surface area contributed by atoms with Gasteiger partial charge in [0.15, 0.2) is 5.82 Å². The van der Waals surface area contributed by atoms with Crippen LogP contribution in [-0.4, -0.2) is 36.7 Å². The van der Waals surface area contributed by atoms with Gasteiger partial charge in [-0.1, -0.05) is 0 Å². The van der Waals surface area contributed by atoms with Crippen molar-refractivity contribution >= 4 is 23.3 Å². The van der Waals surface area contributed by atoms with Crippen molar-refractivity contribution in [2.45, 2.75) is 0 Å². The highest BCUT2D eigenvalue weighted by molar-refractivity contribution is 7.99. The average molecular weight is 225 g/mol. The molecule has 1 aliphatic rings. The van der Waals surface area contributed by atoms with E-state index in [1.807, 2.05) is 17.8 Å². The fourth-order valence-electron chi connectivity index (χ4n) is 1.58. The van der Waals surface area contributed by atoms with Crippen molar-refractivity contribution in [1.29, 1.82) is 0 Å². The fraction of sp³-hybridized carbons (Fsp3) is 0.500. The van der Waals surface area contributed by atoms with Crippen LogP contribution in [0.5, 0.6) is 5.88 Å². The number of aromatic nitrogens is 1. The molecule has 0 unspecified atom stereocenters. The standard InChI is InChI=1S/C10H15N3OS/c1-14-9-3-2-8(11)10(12-9)13-4-6-15-7-5-13/h2-3H,4-7,11H2,1H3. The van der Waals surface area contributed by atoms with Crippen molar-refractivity contribution in [2.75, 3.05) is 42.3 Å². The minimum absolute atomic E-state index is 0.623. The third-order valence-electron chi connectivity index (χ3n) is 2.40. The first-order chi connectivity index (χ1) is 7.31. The number of nitrogen functional groups attached to an aromatic ring is 1. The lowest BCUT2D eigenvalue weighted by molar-refractivity contribution is 0.398. The van der Waals surface area contributed by atoms with E-state index >= 15 is 0 Å². The third-order valence-corrected chi connectivity index (χ3v) is 3.34. The van der Waals surface area contributed by atoms with Crippen LogP contribution in [0, 0.1) is 0 Å². The zero-order valence-corrected chi connectivity index (χ0v) is 9.59. The molecule has 0 spiro atoms. The van der Waals surface area contributed by atoms with Crippen molar-refractivity contribution < 1.29 is 4.74 Å². The van der Waals surface area contributed by atoms with Gasteiger partial charge in [-0.3, -0.25) is 0 Å². The van der Waals surface area contributed by atoms with E-state index in [0.717, 1.165) is 36.1 Å². The number of anilines is 2. The van der Waals surface area contributed by atoms with Crippen LogP contribution >= 0.6 is 11.8 Å². The van der Waals surface area contributed by atoms with Gasteiger partial charge in [0.1, 0.15) is 0 Å². The Kier molecular flexibility index (Phi) is 3.20. The second kappa shape index (κ2) is 4.61. The molecule has 0 amide bonds. The van der Waals surface area contributed by atoms with Gasteiger partial charge in [-0.15, -0.1) is 0 Å². The number of methoxy groups -OCH3 is 1. The van der Waals surface area contributed by atoms with Crippen LogP contribution in [-0.2, 0) is 0 Å². The predicted octanol–water partition coefficient (Wildman–Crippen LogP) is 1.23. The molecule has 0 radical (unpaired) electrons. The van der Waals surface area contributed by atoms with Gasteiger partial charge in [0.05, 0.1) is 12.8 Å². The van der Waals surface area contributed by atoms with Crippen molar-refractivity contribution in [3.05, 3.63) is 12.1 Å². The molecule has 0 aromatic carbocycles. The third kappa shape index (κ3) is 2.28. The van der Waals surface area contributed by atoms with Crippen molar-refractivity contribution in [1.82, 2.24) is 4.98 Å². The molecule has 82 valence electrons. The Bertz CT molecular complexity index is 339. The number of hydrogen-bond acceptors (Lipinski definition) is 5. The molecule has 0 bridgehead atoms. The number of ether oxygens (including phenoxy) is 1. The maximum absolute atomic E-state index is 5.91. The van der Waals surface area contributed by atoms with Gasteiger partial charge in [-0.05, 0) is 6.07 Å². The zero-order valence-electron chi connectivity index (χ0n) is 8.77. The number of rotatable bonds is 2. The van der Waals surface area contributed by atoms with E-state index in [1.165, 1.54) is 0 Å². The molecule has 0 atom stereocenters.